The minimum Gasteiger partial charge on any atom is -0.484 e. The van der Waals surface area contributed by atoms with Gasteiger partial charge in [-0.1, -0.05) is 17.7 Å². The van der Waals surface area contributed by atoms with Crippen molar-refractivity contribution >= 4 is 40.7 Å². The van der Waals surface area contributed by atoms with Gasteiger partial charge in [0.1, 0.15) is 5.75 Å². The summed E-state index contributed by atoms with van der Waals surface area (Å²) in [6.07, 6.45) is 0.135. The van der Waals surface area contributed by atoms with Crippen LogP contribution in [-0.4, -0.2) is 37.7 Å². The molecule has 37 heavy (non-hydrogen) atoms. The Morgan fingerprint density at radius 2 is 1.76 bits per heavy atom. The predicted octanol–water partition coefficient (Wildman–Crippen LogP) is 3.76. The van der Waals surface area contributed by atoms with Crippen LogP contribution in [0, 0.1) is 5.92 Å². The molecule has 1 unspecified atom stereocenters. The molecule has 0 radical (unpaired) electrons. The summed E-state index contributed by atoms with van der Waals surface area (Å²) < 4.78 is 16.2. The van der Waals surface area contributed by atoms with Crippen LogP contribution >= 0.6 is 11.6 Å². The normalized spacial score (nSPS) is 16.0. The van der Waals surface area contributed by atoms with Crippen molar-refractivity contribution in [2.24, 2.45) is 5.92 Å². The molecule has 0 aliphatic carbocycles. The summed E-state index contributed by atoms with van der Waals surface area (Å²) in [5, 5.41) is 6.21. The molecule has 2 aliphatic heterocycles. The van der Waals surface area contributed by atoms with E-state index in [1.54, 1.807) is 53.4 Å². The third-order valence-electron chi connectivity index (χ3n) is 6.05. The number of nitrogens with one attached hydrogen (secondary N) is 2. The number of hydrogen-bond acceptors (Lipinski definition) is 6. The lowest BCUT2D eigenvalue weighted by atomic mass is 10.1. The molecule has 1 fully saturated rings. The molecule has 1 saturated heterocycles. The summed E-state index contributed by atoms with van der Waals surface area (Å²) in [7, 11) is 0. The van der Waals surface area contributed by atoms with E-state index in [0.717, 1.165) is 5.56 Å². The number of carbonyl (C=O) groups is 3. The average molecular weight is 522 g/mol. The van der Waals surface area contributed by atoms with Gasteiger partial charge in [0.2, 0.25) is 18.6 Å². The number of halogens is 1. The van der Waals surface area contributed by atoms with Gasteiger partial charge in [-0.25, -0.2) is 0 Å². The molecule has 3 aromatic carbocycles. The first-order chi connectivity index (χ1) is 17.9. The van der Waals surface area contributed by atoms with E-state index in [2.05, 4.69) is 10.6 Å². The first kappa shape index (κ1) is 24.5. The van der Waals surface area contributed by atoms with Crippen molar-refractivity contribution in [1.29, 1.82) is 0 Å². The number of rotatable bonds is 8. The van der Waals surface area contributed by atoms with Gasteiger partial charge in [-0.05, 0) is 66.2 Å². The maximum absolute atomic E-state index is 12.7. The Morgan fingerprint density at radius 3 is 2.54 bits per heavy atom. The molecule has 190 valence electrons. The molecule has 0 bridgehead atoms. The second-order valence-electron chi connectivity index (χ2n) is 8.65. The van der Waals surface area contributed by atoms with E-state index in [-0.39, 0.29) is 44.1 Å². The highest BCUT2D eigenvalue weighted by Gasteiger charge is 2.35. The number of amides is 3. The van der Waals surface area contributed by atoms with Crippen LogP contribution in [0.2, 0.25) is 5.02 Å². The highest BCUT2D eigenvalue weighted by molar-refractivity contribution is 6.30. The molecule has 2 aliphatic rings. The number of anilines is 2. The number of hydrogen-bond donors (Lipinski definition) is 2. The fourth-order valence-electron chi connectivity index (χ4n) is 4.12. The van der Waals surface area contributed by atoms with Crippen LogP contribution in [0.3, 0.4) is 0 Å². The number of ether oxygens (including phenoxy) is 3. The quantitative estimate of drug-likeness (QED) is 0.467. The fourth-order valence-corrected chi connectivity index (χ4v) is 4.24. The van der Waals surface area contributed by atoms with Crippen LogP contribution in [0.15, 0.2) is 66.7 Å². The maximum atomic E-state index is 12.7. The van der Waals surface area contributed by atoms with Gasteiger partial charge in [-0.15, -0.1) is 0 Å². The number of benzene rings is 3. The Bertz CT molecular complexity index is 1310. The summed E-state index contributed by atoms with van der Waals surface area (Å²) in [6.45, 7) is 0.640. The summed E-state index contributed by atoms with van der Waals surface area (Å²) in [4.78, 5) is 39.0. The van der Waals surface area contributed by atoms with Gasteiger partial charge < -0.3 is 29.7 Å². The van der Waals surface area contributed by atoms with Crippen LogP contribution in [-0.2, 0) is 20.9 Å². The van der Waals surface area contributed by atoms with E-state index in [1.807, 2.05) is 18.2 Å². The molecule has 3 amide bonds. The van der Waals surface area contributed by atoms with Crippen molar-refractivity contribution in [3.63, 3.8) is 0 Å². The van der Waals surface area contributed by atoms with Gasteiger partial charge in [0.15, 0.2) is 18.1 Å². The molecule has 2 heterocycles. The molecule has 1 atom stereocenters. The van der Waals surface area contributed by atoms with Crippen LogP contribution < -0.4 is 29.7 Å². The van der Waals surface area contributed by atoms with Crippen molar-refractivity contribution in [3.8, 4) is 17.2 Å². The minimum atomic E-state index is -0.450. The molecule has 5 rings (SSSR count). The molecule has 3 aromatic rings. The average Bonchev–Trinajstić information content (AvgIpc) is 3.54. The fraction of sp³-hybridized carbons (Fsp3) is 0.222. The van der Waals surface area contributed by atoms with Crippen LogP contribution in [0.25, 0.3) is 0 Å². The number of fused-ring (bicyclic) bond motifs is 1. The number of carbonyl (C=O) groups excluding carboxylic acids is 3. The van der Waals surface area contributed by atoms with Gasteiger partial charge in [0.25, 0.3) is 5.91 Å². The third-order valence-corrected chi connectivity index (χ3v) is 6.30. The standard InChI is InChI=1S/C27H24ClN3O6/c28-19-2-4-20(5-3-19)30-25(32)15-35-22-8-6-21(7-9-22)31-14-18(12-26(31)33)27(34)29-13-17-1-10-23-24(11-17)37-16-36-23/h1-11,18H,12-16H2,(H,29,34)(H,30,32). The molecule has 9 nitrogen and oxygen atoms in total. The Labute approximate surface area is 218 Å². The summed E-state index contributed by atoms with van der Waals surface area (Å²) in [5.74, 6) is 0.761. The third kappa shape index (κ3) is 5.95. The molecule has 10 heteroatoms. The Kier molecular flexibility index (Phi) is 7.14. The molecular formula is C27H24ClN3O6. The molecule has 0 saturated carbocycles. The van der Waals surface area contributed by atoms with Crippen molar-refractivity contribution in [2.75, 3.05) is 30.2 Å². The van der Waals surface area contributed by atoms with E-state index in [1.165, 1.54) is 0 Å². The topological polar surface area (TPSA) is 106 Å². The SMILES string of the molecule is O=C(COc1ccc(N2CC(C(=O)NCc3ccc4c(c3)OCO4)CC2=O)cc1)Nc1ccc(Cl)cc1. The maximum Gasteiger partial charge on any atom is 0.262 e. The van der Waals surface area contributed by atoms with Crippen LogP contribution in [0.4, 0.5) is 11.4 Å². The summed E-state index contributed by atoms with van der Waals surface area (Å²) in [6, 6.07) is 19.1. The molecule has 2 N–H and O–H groups in total. The van der Waals surface area contributed by atoms with Gasteiger partial charge in [0, 0.05) is 35.9 Å². The van der Waals surface area contributed by atoms with E-state index in [9.17, 15) is 14.4 Å². The summed E-state index contributed by atoms with van der Waals surface area (Å²) >= 11 is 5.85. The number of nitrogens with zero attached hydrogens (tertiary/aromatic N) is 1. The van der Waals surface area contributed by atoms with Crippen LogP contribution in [0.1, 0.15) is 12.0 Å². The summed E-state index contributed by atoms with van der Waals surface area (Å²) in [5.41, 5.74) is 2.17. The molecule has 0 aromatic heterocycles. The van der Waals surface area contributed by atoms with E-state index >= 15 is 0 Å². The first-order valence-corrected chi connectivity index (χ1v) is 12.1. The molecule has 0 spiro atoms. The second kappa shape index (κ2) is 10.8. The zero-order valence-electron chi connectivity index (χ0n) is 19.7. The zero-order valence-corrected chi connectivity index (χ0v) is 20.5. The van der Waals surface area contributed by atoms with E-state index in [4.69, 9.17) is 25.8 Å². The van der Waals surface area contributed by atoms with E-state index in [0.29, 0.717) is 40.2 Å². The van der Waals surface area contributed by atoms with Gasteiger partial charge in [-0.2, -0.15) is 0 Å². The van der Waals surface area contributed by atoms with Crippen molar-refractivity contribution in [3.05, 3.63) is 77.3 Å². The van der Waals surface area contributed by atoms with Crippen molar-refractivity contribution < 1.29 is 28.6 Å². The zero-order chi connectivity index (χ0) is 25.8. The van der Waals surface area contributed by atoms with E-state index < -0.39 is 5.92 Å². The largest absolute Gasteiger partial charge is 0.484 e. The molecular weight excluding hydrogens is 498 g/mol. The van der Waals surface area contributed by atoms with Crippen molar-refractivity contribution in [1.82, 2.24) is 5.32 Å². The smallest absolute Gasteiger partial charge is 0.262 e. The highest BCUT2D eigenvalue weighted by atomic mass is 35.5. The lowest BCUT2D eigenvalue weighted by Gasteiger charge is -2.17. The second-order valence-corrected chi connectivity index (χ2v) is 9.08. The van der Waals surface area contributed by atoms with Gasteiger partial charge in [0.05, 0.1) is 5.92 Å². The van der Waals surface area contributed by atoms with Crippen molar-refractivity contribution in [2.45, 2.75) is 13.0 Å². The van der Waals surface area contributed by atoms with Crippen LogP contribution in [0.5, 0.6) is 17.2 Å². The Hall–Kier alpha value is -4.24. The lowest BCUT2D eigenvalue weighted by Crippen LogP contribution is -2.32. The highest BCUT2D eigenvalue weighted by Crippen LogP contribution is 2.32. The first-order valence-electron chi connectivity index (χ1n) is 11.7. The van der Waals surface area contributed by atoms with Gasteiger partial charge in [-0.3, -0.25) is 14.4 Å². The Morgan fingerprint density at radius 1 is 1.00 bits per heavy atom. The lowest BCUT2D eigenvalue weighted by molar-refractivity contribution is -0.126. The Balaban J connectivity index is 1.10. The minimum absolute atomic E-state index is 0.126. The van der Waals surface area contributed by atoms with Gasteiger partial charge >= 0.3 is 0 Å². The predicted molar refractivity (Wildman–Crippen MR) is 137 cm³/mol. The monoisotopic (exact) mass is 521 g/mol.